The zero-order valence-corrected chi connectivity index (χ0v) is 29.2. The molecule has 20 nitrogen and oxygen atoms in total. The smallest absolute Gasteiger partial charge is 0.335 e. The van der Waals surface area contributed by atoms with E-state index in [2.05, 4.69) is 20.3 Å². The third-order valence-corrected chi connectivity index (χ3v) is 9.22. The zero-order chi connectivity index (χ0) is 38.3. The number of carbonyl (C=O) groups excluding carboxylic acids is 5. The monoisotopic (exact) mass is 749 g/mol. The molecule has 51 heavy (non-hydrogen) atoms. The number of methoxy groups -OCH3 is 2. The van der Waals surface area contributed by atoms with E-state index in [-0.39, 0.29) is 41.0 Å². The van der Waals surface area contributed by atoms with Crippen molar-refractivity contribution >= 4 is 60.8 Å². The van der Waals surface area contributed by atoms with Crippen molar-refractivity contribution < 1.29 is 55.2 Å². The summed E-state index contributed by atoms with van der Waals surface area (Å²) < 4.78 is 59.7. The lowest BCUT2D eigenvalue weighted by atomic mass is 9.81. The molecule has 1 saturated carbocycles. The number of carbonyl (C=O) groups is 5. The van der Waals surface area contributed by atoms with E-state index >= 15 is 0 Å². The number of benzene rings is 1. The predicted octanol–water partition coefficient (Wildman–Crippen LogP) is 1.22. The number of aromatic nitrogens is 3. The van der Waals surface area contributed by atoms with Crippen molar-refractivity contribution in [2.24, 2.45) is 5.92 Å². The Kier molecular flexibility index (Phi) is 12.6. The van der Waals surface area contributed by atoms with Crippen molar-refractivity contribution in [2.75, 3.05) is 39.9 Å². The lowest BCUT2D eigenvalue weighted by Crippen LogP contribution is -2.36. The van der Waals surface area contributed by atoms with Crippen LogP contribution in [-0.4, -0.2) is 105 Å². The quantitative estimate of drug-likeness (QED) is 0.127. The highest BCUT2D eigenvalue weighted by molar-refractivity contribution is 7.90. The van der Waals surface area contributed by atoms with Gasteiger partial charge >= 0.3 is 6.03 Å². The fourth-order valence-corrected chi connectivity index (χ4v) is 6.11. The number of urea groups is 1. The minimum absolute atomic E-state index is 0.0668. The van der Waals surface area contributed by atoms with E-state index in [1.165, 1.54) is 57.6 Å². The van der Waals surface area contributed by atoms with E-state index < -0.39 is 76.3 Å². The van der Waals surface area contributed by atoms with Gasteiger partial charge in [-0.05, 0) is 30.7 Å². The topological polar surface area (TPSA) is 281 Å². The maximum absolute atomic E-state index is 12.5. The molecule has 2 heterocycles. The Hall–Kier alpha value is -5.90. The summed E-state index contributed by atoms with van der Waals surface area (Å²) in [6.45, 7) is 0. The van der Waals surface area contributed by atoms with Crippen LogP contribution in [0.15, 0.2) is 52.5 Å². The van der Waals surface area contributed by atoms with Crippen molar-refractivity contribution in [3.8, 4) is 11.8 Å². The van der Waals surface area contributed by atoms with Crippen LogP contribution in [0.3, 0.4) is 0 Å². The molecule has 272 valence electrons. The molecule has 2 aromatic heterocycles. The molecule has 3 aromatic rings. The third kappa shape index (κ3) is 9.85. The number of nitrogens with zero attached hydrogens (tertiary/aromatic N) is 5. The van der Waals surface area contributed by atoms with Gasteiger partial charge in [0.05, 0.1) is 41.2 Å². The molecule has 1 aromatic carbocycles. The Morgan fingerprint density at radius 2 is 1.53 bits per heavy atom. The van der Waals surface area contributed by atoms with Crippen molar-refractivity contribution in [1.82, 2.24) is 24.6 Å². The SMILES string of the molecule is COc1cc(OC)nc(NC(=O)NS(=O)(=O)c2ncccc2C(=O)N(C)C)n1.CS(=O)(=O)c1ccc(C(=O)C2C(=O)CCCC2=O)c([N+](=O)[O-])c1. The number of ether oxygens (including phenoxy) is 2. The molecule has 1 aliphatic rings. The summed E-state index contributed by atoms with van der Waals surface area (Å²) in [6, 6.07) is 5.69. The second kappa shape index (κ2) is 16.2. The number of hydrogen-bond acceptors (Lipinski definition) is 16. The van der Waals surface area contributed by atoms with Gasteiger partial charge in [0.15, 0.2) is 32.2 Å². The average Bonchev–Trinajstić information content (AvgIpc) is 3.06. The Morgan fingerprint density at radius 3 is 2.04 bits per heavy atom. The normalized spacial score (nSPS) is 13.3. The van der Waals surface area contributed by atoms with Gasteiger partial charge in [-0.2, -0.15) is 18.4 Å². The number of Topliss-reactive ketones (excluding diaryl/α,β-unsaturated/α-hetero) is 3. The van der Waals surface area contributed by atoms with Crippen molar-refractivity contribution in [2.45, 2.75) is 29.2 Å². The highest BCUT2D eigenvalue weighted by atomic mass is 32.2. The Labute approximate surface area is 290 Å². The van der Waals surface area contributed by atoms with Gasteiger partial charge < -0.3 is 14.4 Å². The van der Waals surface area contributed by atoms with Gasteiger partial charge in [-0.1, -0.05) is 0 Å². The maximum atomic E-state index is 12.5. The molecular weight excluding hydrogens is 718 g/mol. The molecule has 0 unspecified atom stereocenters. The van der Waals surface area contributed by atoms with Crippen LogP contribution in [0.25, 0.3) is 0 Å². The minimum Gasteiger partial charge on any atom is -0.481 e. The van der Waals surface area contributed by atoms with Crippen LogP contribution < -0.4 is 19.5 Å². The fourth-order valence-electron chi connectivity index (χ4n) is 4.43. The standard InChI is InChI=1S/C15H18N6O6S.C14H13NO7S/c1-21(2)13(22)9-6-5-7-16-12(9)28(24,25)20-15(23)19-14-17-10(26-3)8-11(18-14)27-4;1-23(21,22)8-5-6-9(10(7-8)15(19)20)14(18)13-11(16)3-2-4-12(13)17/h5-8H,1-4H3,(H2,17,18,19,20,23);5-7,13H,2-4H2,1H3. The van der Waals surface area contributed by atoms with E-state index in [1.54, 1.807) is 4.72 Å². The molecule has 0 bridgehead atoms. The van der Waals surface area contributed by atoms with Gasteiger partial charge in [-0.15, -0.1) is 0 Å². The first-order valence-corrected chi connectivity index (χ1v) is 17.7. The summed E-state index contributed by atoms with van der Waals surface area (Å²) in [5.74, 6) is -4.27. The number of anilines is 1. The summed E-state index contributed by atoms with van der Waals surface area (Å²) >= 11 is 0. The summed E-state index contributed by atoms with van der Waals surface area (Å²) in [5.41, 5.74) is -1.35. The number of rotatable bonds is 10. The third-order valence-electron chi connectivity index (χ3n) is 6.82. The Balaban J connectivity index is 0.000000281. The van der Waals surface area contributed by atoms with Crippen LogP contribution in [-0.2, 0) is 29.4 Å². The molecular formula is C29H31N7O13S2. The number of sulfone groups is 1. The number of ketones is 3. The van der Waals surface area contributed by atoms with E-state index in [9.17, 15) is 50.9 Å². The van der Waals surface area contributed by atoms with Crippen LogP contribution in [0.2, 0.25) is 0 Å². The van der Waals surface area contributed by atoms with Gasteiger partial charge in [-0.25, -0.2) is 22.9 Å². The fraction of sp³-hybridized carbons (Fsp3) is 0.310. The second-order valence-electron chi connectivity index (χ2n) is 10.7. The number of nitrogens with one attached hydrogen (secondary N) is 2. The number of nitro groups is 1. The minimum atomic E-state index is -4.46. The number of sulfonamides is 1. The molecule has 1 aliphatic carbocycles. The summed E-state index contributed by atoms with van der Waals surface area (Å²) in [5, 5.41) is 12.7. The van der Waals surface area contributed by atoms with E-state index in [0.717, 1.165) is 24.5 Å². The lowest BCUT2D eigenvalue weighted by molar-refractivity contribution is -0.385. The van der Waals surface area contributed by atoms with Crippen molar-refractivity contribution in [1.29, 1.82) is 0 Å². The zero-order valence-electron chi connectivity index (χ0n) is 27.6. The lowest BCUT2D eigenvalue weighted by Gasteiger charge is -2.18. The van der Waals surface area contributed by atoms with Crippen LogP contribution in [0.5, 0.6) is 11.8 Å². The molecule has 1 fully saturated rings. The molecule has 2 N–H and O–H groups in total. The van der Waals surface area contributed by atoms with Crippen molar-refractivity contribution in [3.63, 3.8) is 0 Å². The van der Waals surface area contributed by atoms with Gasteiger partial charge in [0.1, 0.15) is 5.92 Å². The number of amides is 3. The van der Waals surface area contributed by atoms with Gasteiger partial charge in [-0.3, -0.25) is 34.6 Å². The maximum Gasteiger partial charge on any atom is 0.335 e. The predicted molar refractivity (Wildman–Crippen MR) is 175 cm³/mol. The second-order valence-corrected chi connectivity index (χ2v) is 14.3. The summed E-state index contributed by atoms with van der Waals surface area (Å²) in [7, 11) is -2.55. The Morgan fingerprint density at radius 1 is 0.941 bits per heavy atom. The Bertz CT molecular complexity index is 2080. The molecule has 0 radical (unpaired) electrons. The first-order chi connectivity index (χ1) is 23.8. The molecule has 0 atom stereocenters. The van der Waals surface area contributed by atoms with Crippen LogP contribution in [0.1, 0.15) is 40.0 Å². The van der Waals surface area contributed by atoms with Gasteiger partial charge in [0.25, 0.3) is 21.6 Å². The first kappa shape index (κ1) is 39.5. The van der Waals surface area contributed by atoms with E-state index in [1.807, 2.05) is 0 Å². The van der Waals surface area contributed by atoms with Crippen LogP contribution >= 0.6 is 0 Å². The molecule has 0 spiro atoms. The van der Waals surface area contributed by atoms with Gasteiger partial charge in [0, 0.05) is 45.5 Å². The molecule has 22 heteroatoms. The molecule has 3 amide bonds. The van der Waals surface area contributed by atoms with Gasteiger partial charge in [0.2, 0.25) is 17.7 Å². The van der Waals surface area contributed by atoms with Crippen LogP contribution in [0.4, 0.5) is 16.4 Å². The number of pyridine rings is 1. The summed E-state index contributed by atoms with van der Waals surface area (Å²) in [6.07, 6.45) is 2.56. The largest absolute Gasteiger partial charge is 0.481 e. The molecule has 0 aliphatic heterocycles. The van der Waals surface area contributed by atoms with E-state index in [4.69, 9.17) is 9.47 Å². The van der Waals surface area contributed by atoms with Crippen LogP contribution in [0, 0.1) is 16.0 Å². The highest BCUT2D eigenvalue weighted by Gasteiger charge is 2.39. The summed E-state index contributed by atoms with van der Waals surface area (Å²) in [4.78, 5) is 82.9. The highest BCUT2D eigenvalue weighted by Crippen LogP contribution is 2.29. The van der Waals surface area contributed by atoms with E-state index in [0.29, 0.717) is 6.42 Å². The molecule has 0 saturated heterocycles. The number of nitro benzene ring substituents is 1. The average molecular weight is 750 g/mol. The first-order valence-electron chi connectivity index (χ1n) is 14.4. The molecule has 4 rings (SSSR count). The number of hydrogen-bond donors (Lipinski definition) is 2. The van der Waals surface area contributed by atoms with Crippen molar-refractivity contribution in [3.05, 3.63) is 63.8 Å².